The number of hydroxylamine groups is 2. The zero-order valence-electron chi connectivity index (χ0n) is 19.9. The molecule has 0 aromatic carbocycles. The molecule has 0 radical (unpaired) electrons. The van der Waals surface area contributed by atoms with Crippen molar-refractivity contribution in [1.82, 2.24) is 9.96 Å². The Morgan fingerprint density at radius 2 is 1.77 bits per heavy atom. The number of rotatable bonds is 15. The fourth-order valence-corrected chi connectivity index (χ4v) is 5.14. The van der Waals surface area contributed by atoms with Crippen molar-refractivity contribution < 1.29 is 24.0 Å². The summed E-state index contributed by atoms with van der Waals surface area (Å²) < 4.78 is -0.0644. The van der Waals surface area contributed by atoms with Crippen molar-refractivity contribution in [3.63, 3.8) is 0 Å². The zero-order chi connectivity index (χ0) is 23.4. The van der Waals surface area contributed by atoms with Crippen LogP contribution >= 0.6 is 11.8 Å². The SMILES string of the molecule is CCCCC(C)N(CCC(C)(CCC)SCCC(=O)ON1C(=O)CCC1=O)C(=O)CC. The standard InChI is InChI=1S/C23H40N2O5S/c1-6-9-10-18(4)24(19(26)8-3)16-15-23(5,14-7-2)31-17-13-22(29)30-25-20(27)11-12-21(25)28/h18H,6-17H2,1-5H3. The first-order chi connectivity index (χ1) is 14.7. The average Bonchev–Trinajstić information content (AvgIpc) is 3.04. The summed E-state index contributed by atoms with van der Waals surface area (Å²) in [5, 5.41) is 0.601. The lowest BCUT2D eigenvalue weighted by molar-refractivity contribution is -0.197. The summed E-state index contributed by atoms with van der Waals surface area (Å²) in [7, 11) is 0. The molecule has 0 bridgehead atoms. The van der Waals surface area contributed by atoms with Gasteiger partial charge in [0.1, 0.15) is 0 Å². The Morgan fingerprint density at radius 1 is 1.13 bits per heavy atom. The van der Waals surface area contributed by atoms with Gasteiger partial charge < -0.3 is 9.74 Å². The molecule has 0 aliphatic carbocycles. The third-order valence-electron chi connectivity index (χ3n) is 5.75. The third-order valence-corrected chi connectivity index (χ3v) is 7.26. The van der Waals surface area contributed by atoms with Crippen molar-refractivity contribution in [2.75, 3.05) is 12.3 Å². The number of unbranched alkanes of at least 4 members (excludes halogenated alkanes) is 1. The van der Waals surface area contributed by atoms with Crippen LogP contribution in [0.5, 0.6) is 0 Å². The summed E-state index contributed by atoms with van der Waals surface area (Å²) in [5.41, 5.74) is 0. The van der Waals surface area contributed by atoms with E-state index in [1.54, 1.807) is 11.8 Å². The number of carbonyl (C=O) groups is 4. The molecule has 1 aliphatic heterocycles. The highest BCUT2D eigenvalue weighted by Crippen LogP contribution is 2.35. The molecular weight excluding hydrogens is 416 g/mol. The predicted octanol–water partition coefficient (Wildman–Crippen LogP) is 4.48. The molecule has 1 saturated heterocycles. The molecule has 0 saturated carbocycles. The van der Waals surface area contributed by atoms with Gasteiger partial charge >= 0.3 is 5.97 Å². The second-order valence-electron chi connectivity index (χ2n) is 8.53. The molecule has 3 amide bonds. The van der Waals surface area contributed by atoms with Crippen LogP contribution in [-0.4, -0.2) is 56.7 Å². The molecule has 178 valence electrons. The van der Waals surface area contributed by atoms with Crippen LogP contribution in [0, 0.1) is 0 Å². The van der Waals surface area contributed by atoms with E-state index in [1.807, 2.05) is 11.8 Å². The van der Waals surface area contributed by atoms with Crippen LogP contribution in [0.1, 0.15) is 98.8 Å². The Hall–Kier alpha value is -1.57. The molecular formula is C23H40N2O5S. The second-order valence-corrected chi connectivity index (χ2v) is 10.2. The van der Waals surface area contributed by atoms with Gasteiger partial charge in [0.2, 0.25) is 5.91 Å². The molecule has 2 unspecified atom stereocenters. The third kappa shape index (κ3) is 9.21. The van der Waals surface area contributed by atoms with E-state index < -0.39 is 17.8 Å². The zero-order valence-corrected chi connectivity index (χ0v) is 20.7. The van der Waals surface area contributed by atoms with Gasteiger partial charge in [-0.05, 0) is 26.2 Å². The number of carbonyl (C=O) groups excluding carboxylic acids is 4. The summed E-state index contributed by atoms with van der Waals surface area (Å²) in [6.07, 6.45) is 6.92. The van der Waals surface area contributed by atoms with Gasteiger partial charge in [-0.2, -0.15) is 11.8 Å². The number of hydrogen-bond acceptors (Lipinski definition) is 6. The van der Waals surface area contributed by atoms with E-state index in [0.29, 0.717) is 23.8 Å². The maximum Gasteiger partial charge on any atom is 0.334 e. The van der Waals surface area contributed by atoms with Gasteiger partial charge in [-0.1, -0.05) is 47.0 Å². The highest BCUT2D eigenvalue weighted by molar-refractivity contribution is 8.00. The number of nitrogens with zero attached hydrogens (tertiary/aromatic N) is 2. The van der Waals surface area contributed by atoms with Crippen LogP contribution in [0.15, 0.2) is 0 Å². The van der Waals surface area contributed by atoms with Crippen LogP contribution in [0.25, 0.3) is 0 Å². The largest absolute Gasteiger partial charge is 0.340 e. The molecule has 8 heteroatoms. The van der Waals surface area contributed by atoms with Crippen molar-refractivity contribution in [2.45, 2.75) is 110 Å². The van der Waals surface area contributed by atoms with Crippen molar-refractivity contribution in [1.29, 1.82) is 0 Å². The van der Waals surface area contributed by atoms with Crippen molar-refractivity contribution >= 4 is 35.5 Å². The second kappa shape index (κ2) is 13.8. The molecule has 1 heterocycles. The summed E-state index contributed by atoms with van der Waals surface area (Å²) in [4.78, 5) is 54.7. The van der Waals surface area contributed by atoms with Crippen molar-refractivity contribution in [3.8, 4) is 0 Å². The highest BCUT2D eigenvalue weighted by atomic mass is 32.2. The lowest BCUT2D eigenvalue weighted by Gasteiger charge is -2.35. The number of hydrogen-bond donors (Lipinski definition) is 0. The van der Waals surface area contributed by atoms with Crippen LogP contribution in [0.2, 0.25) is 0 Å². The van der Waals surface area contributed by atoms with E-state index in [1.165, 1.54) is 0 Å². The molecule has 1 fully saturated rings. The molecule has 1 rings (SSSR count). The van der Waals surface area contributed by atoms with Crippen molar-refractivity contribution in [3.05, 3.63) is 0 Å². The van der Waals surface area contributed by atoms with E-state index in [4.69, 9.17) is 4.84 Å². The topological polar surface area (TPSA) is 84.0 Å². The lowest BCUT2D eigenvalue weighted by Crippen LogP contribution is -2.41. The fraction of sp³-hybridized carbons (Fsp3) is 0.826. The normalized spacial score (nSPS) is 16.9. The lowest BCUT2D eigenvalue weighted by atomic mass is 9.99. The fourth-order valence-electron chi connectivity index (χ4n) is 3.79. The minimum Gasteiger partial charge on any atom is -0.340 e. The molecule has 31 heavy (non-hydrogen) atoms. The molecule has 0 aromatic rings. The van der Waals surface area contributed by atoms with Gasteiger partial charge in [-0.15, -0.1) is 5.06 Å². The van der Waals surface area contributed by atoms with Crippen LogP contribution in [-0.2, 0) is 24.0 Å². The summed E-state index contributed by atoms with van der Waals surface area (Å²) in [6, 6.07) is 0.230. The van der Waals surface area contributed by atoms with E-state index in [0.717, 1.165) is 38.5 Å². The molecule has 7 nitrogen and oxygen atoms in total. The smallest absolute Gasteiger partial charge is 0.334 e. The number of imide groups is 1. The maximum absolute atomic E-state index is 12.5. The first kappa shape index (κ1) is 27.5. The Bertz CT molecular complexity index is 611. The average molecular weight is 457 g/mol. The van der Waals surface area contributed by atoms with Crippen molar-refractivity contribution in [2.24, 2.45) is 0 Å². The van der Waals surface area contributed by atoms with Gasteiger partial charge in [0.25, 0.3) is 11.8 Å². The summed E-state index contributed by atoms with van der Waals surface area (Å²) in [5.74, 6) is -0.750. The van der Waals surface area contributed by atoms with E-state index in [-0.39, 0.29) is 36.0 Å². The first-order valence-corrected chi connectivity index (χ1v) is 12.7. The first-order valence-electron chi connectivity index (χ1n) is 11.7. The molecule has 0 aromatic heterocycles. The Labute approximate surface area is 191 Å². The number of thioether (sulfide) groups is 1. The molecule has 0 N–H and O–H groups in total. The van der Waals surface area contributed by atoms with Gasteiger partial charge in [0.15, 0.2) is 0 Å². The Kier molecular flexibility index (Phi) is 12.2. The van der Waals surface area contributed by atoms with Crippen LogP contribution < -0.4 is 0 Å². The van der Waals surface area contributed by atoms with E-state index in [9.17, 15) is 19.2 Å². The highest BCUT2D eigenvalue weighted by Gasteiger charge is 2.33. The Balaban J connectivity index is 2.59. The minimum atomic E-state index is -0.564. The van der Waals surface area contributed by atoms with Gasteiger partial charge in [-0.25, -0.2) is 4.79 Å². The van der Waals surface area contributed by atoms with Gasteiger partial charge in [0.05, 0.1) is 6.42 Å². The quantitative estimate of drug-likeness (QED) is 0.338. The molecule has 0 spiro atoms. The monoisotopic (exact) mass is 456 g/mol. The van der Waals surface area contributed by atoms with Crippen LogP contribution in [0.3, 0.4) is 0 Å². The molecule has 1 aliphatic rings. The Morgan fingerprint density at radius 3 is 2.32 bits per heavy atom. The predicted molar refractivity (Wildman–Crippen MR) is 123 cm³/mol. The van der Waals surface area contributed by atoms with E-state index >= 15 is 0 Å². The van der Waals surface area contributed by atoms with Gasteiger partial charge in [0, 0.05) is 42.3 Å². The van der Waals surface area contributed by atoms with E-state index in [2.05, 4.69) is 27.7 Å². The number of amides is 3. The summed E-state index contributed by atoms with van der Waals surface area (Å²) >= 11 is 1.70. The maximum atomic E-state index is 12.5. The summed E-state index contributed by atoms with van der Waals surface area (Å²) in [6.45, 7) is 11.2. The molecule has 2 atom stereocenters. The van der Waals surface area contributed by atoms with Gasteiger partial charge in [-0.3, -0.25) is 14.4 Å². The minimum absolute atomic E-state index is 0.0644. The van der Waals surface area contributed by atoms with Crippen LogP contribution in [0.4, 0.5) is 0 Å².